The van der Waals surface area contributed by atoms with Gasteiger partial charge in [0, 0.05) is 18.7 Å². The fraction of sp³-hybridized carbons (Fsp3) is 0.450. The van der Waals surface area contributed by atoms with Gasteiger partial charge in [0.25, 0.3) is 5.91 Å². The lowest BCUT2D eigenvalue weighted by atomic mass is 10.1. The Bertz CT molecular complexity index is 740. The monoisotopic (exact) mass is 356 g/mol. The van der Waals surface area contributed by atoms with E-state index in [9.17, 15) is 9.18 Å². The van der Waals surface area contributed by atoms with Crippen molar-refractivity contribution in [2.45, 2.75) is 58.0 Å². The molecule has 0 unspecified atom stereocenters. The molecular formula is C20H25FN4O. The average Bonchev–Trinajstić information content (AvgIpc) is 2.89. The number of carbonyl (C=O) groups is 1. The molecule has 0 aliphatic heterocycles. The zero-order valence-electron chi connectivity index (χ0n) is 15.1. The maximum Gasteiger partial charge on any atom is 0.270 e. The molecule has 5 nitrogen and oxygen atoms in total. The van der Waals surface area contributed by atoms with E-state index in [1.807, 2.05) is 0 Å². The van der Waals surface area contributed by atoms with Crippen molar-refractivity contribution in [3.05, 3.63) is 53.2 Å². The van der Waals surface area contributed by atoms with E-state index in [-0.39, 0.29) is 17.8 Å². The highest BCUT2D eigenvalue weighted by Crippen LogP contribution is 2.18. The van der Waals surface area contributed by atoms with Crippen LogP contribution >= 0.6 is 0 Å². The van der Waals surface area contributed by atoms with Crippen LogP contribution in [0.5, 0.6) is 0 Å². The minimum Gasteiger partial charge on any atom is -0.366 e. The lowest BCUT2D eigenvalue weighted by Gasteiger charge is -2.16. The molecule has 1 aliphatic carbocycles. The molecule has 3 rings (SSSR count). The van der Waals surface area contributed by atoms with E-state index >= 15 is 0 Å². The van der Waals surface area contributed by atoms with E-state index < -0.39 is 0 Å². The fourth-order valence-corrected chi connectivity index (χ4v) is 3.25. The number of nitrogens with zero attached hydrogens (tertiary/aromatic N) is 2. The Morgan fingerprint density at radius 1 is 1.12 bits per heavy atom. The number of halogens is 1. The molecule has 138 valence electrons. The van der Waals surface area contributed by atoms with Crippen LogP contribution in [0.3, 0.4) is 0 Å². The van der Waals surface area contributed by atoms with Crippen molar-refractivity contribution in [1.82, 2.24) is 15.3 Å². The second-order valence-electron chi connectivity index (χ2n) is 6.83. The van der Waals surface area contributed by atoms with Crippen molar-refractivity contribution in [3.63, 3.8) is 0 Å². The number of benzene rings is 1. The van der Waals surface area contributed by atoms with Crippen LogP contribution in [0.15, 0.2) is 30.3 Å². The lowest BCUT2D eigenvalue weighted by Crippen LogP contribution is -2.35. The maximum atomic E-state index is 13.0. The van der Waals surface area contributed by atoms with Crippen LogP contribution in [0.25, 0.3) is 0 Å². The highest BCUT2D eigenvalue weighted by atomic mass is 19.1. The summed E-state index contributed by atoms with van der Waals surface area (Å²) in [6.07, 6.45) is 6.89. The normalized spacial score (nSPS) is 15.3. The Morgan fingerprint density at radius 3 is 2.50 bits per heavy atom. The van der Waals surface area contributed by atoms with Gasteiger partial charge in [0.2, 0.25) is 0 Å². The Balaban J connectivity index is 1.64. The number of aromatic nitrogens is 2. The Hall–Kier alpha value is -2.50. The summed E-state index contributed by atoms with van der Waals surface area (Å²) in [6, 6.07) is 8.19. The van der Waals surface area contributed by atoms with Gasteiger partial charge in [0.15, 0.2) is 0 Å². The highest BCUT2D eigenvalue weighted by molar-refractivity contribution is 5.93. The molecule has 2 aromatic rings. The third-order valence-electron chi connectivity index (χ3n) is 4.65. The summed E-state index contributed by atoms with van der Waals surface area (Å²) in [7, 11) is 0. The van der Waals surface area contributed by atoms with Gasteiger partial charge in [0.1, 0.15) is 23.2 Å². The minimum atomic E-state index is -0.260. The summed E-state index contributed by atoms with van der Waals surface area (Å²) < 4.78 is 13.0. The predicted octanol–water partition coefficient (Wildman–Crippen LogP) is 3.99. The van der Waals surface area contributed by atoms with Gasteiger partial charge in [0.05, 0.1) is 0 Å². The van der Waals surface area contributed by atoms with Gasteiger partial charge in [-0.25, -0.2) is 14.4 Å². The van der Waals surface area contributed by atoms with E-state index in [0.29, 0.717) is 23.9 Å². The molecular weight excluding hydrogens is 331 g/mol. The number of anilines is 1. The molecule has 2 N–H and O–H groups in total. The molecule has 0 saturated heterocycles. The second-order valence-corrected chi connectivity index (χ2v) is 6.83. The molecule has 0 spiro atoms. The van der Waals surface area contributed by atoms with E-state index in [2.05, 4.69) is 20.6 Å². The SMILES string of the molecule is Cc1nc(NCc2ccc(F)cc2)cc(C(=O)NC2CCCCCC2)n1. The van der Waals surface area contributed by atoms with Crippen LogP contribution in [0.2, 0.25) is 0 Å². The van der Waals surface area contributed by atoms with Crippen LogP contribution in [0, 0.1) is 12.7 Å². The van der Waals surface area contributed by atoms with E-state index in [1.54, 1.807) is 25.1 Å². The van der Waals surface area contributed by atoms with Crippen molar-refractivity contribution in [1.29, 1.82) is 0 Å². The van der Waals surface area contributed by atoms with Crippen LogP contribution in [-0.4, -0.2) is 21.9 Å². The molecule has 1 aliphatic rings. The molecule has 0 bridgehead atoms. The Kier molecular flexibility index (Phi) is 6.15. The topological polar surface area (TPSA) is 66.9 Å². The molecule has 0 atom stereocenters. The summed E-state index contributed by atoms with van der Waals surface area (Å²) in [4.78, 5) is 21.2. The summed E-state index contributed by atoms with van der Waals surface area (Å²) >= 11 is 0. The average molecular weight is 356 g/mol. The smallest absolute Gasteiger partial charge is 0.270 e. The van der Waals surface area contributed by atoms with Crippen molar-refractivity contribution in [2.24, 2.45) is 0 Å². The molecule has 1 aromatic carbocycles. The Labute approximate surface area is 153 Å². The second kappa shape index (κ2) is 8.74. The van der Waals surface area contributed by atoms with Crippen molar-refractivity contribution in [3.8, 4) is 0 Å². The molecule has 1 aromatic heterocycles. The van der Waals surface area contributed by atoms with Crippen LogP contribution in [0.1, 0.15) is 60.4 Å². The quantitative estimate of drug-likeness (QED) is 0.795. The van der Waals surface area contributed by atoms with Crippen molar-refractivity contribution >= 4 is 11.7 Å². The van der Waals surface area contributed by atoms with Crippen LogP contribution in [0.4, 0.5) is 10.2 Å². The van der Waals surface area contributed by atoms with E-state index in [1.165, 1.54) is 25.0 Å². The standard InChI is InChI=1S/C20H25FN4O/c1-14-23-18(20(26)25-17-6-4-2-3-5-7-17)12-19(24-14)22-13-15-8-10-16(21)11-9-15/h8-12,17H,2-7,13H2,1H3,(H,25,26)(H,22,23,24). The molecule has 1 saturated carbocycles. The molecule has 0 radical (unpaired) electrons. The number of amides is 1. The molecule has 1 fully saturated rings. The highest BCUT2D eigenvalue weighted by Gasteiger charge is 2.17. The van der Waals surface area contributed by atoms with Crippen LogP contribution < -0.4 is 10.6 Å². The van der Waals surface area contributed by atoms with Gasteiger partial charge in [-0.1, -0.05) is 37.8 Å². The zero-order valence-corrected chi connectivity index (χ0v) is 15.1. The lowest BCUT2D eigenvalue weighted by molar-refractivity contribution is 0.0928. The summed E-state index contributed by atoms with van der Waals surface area (Å²) in [5.41, 5.74) is 1.32. The Morgan fingerprint density at radius 2 is 1.81 bits per heavy atom. The minimum absolute atomic E-state index is 0.146. The maximum absolute atomic E-state index is 13.0. The van der Waals surface area contributed by atoms with Crippen molar-refractivity contribution < 1.29 is 9.18 Å². The van der Waals surface area contributed by atoms with Gasteiger partial charge in [-0.05, 0) is 37.5 Å². The van der Waals surface area contributed by atoms with E-state index in [0.717, 1.165) is 31.2 Å². The van der Waals surface area contributed by atoms with Gasteiger partial charge >= 0.3 is 0 Å². The molecule has 6 heteroatoms. The van der Waals surface area contributed by atoms with Gasteiger partial charge in [-0.15, -0.1) is 0 Å². The zero-order chi connectivity index (χ0) is 18.4. The number of aryl methyl sites for hydroxylation is 1. The summed E-state index contributed by atoms with van der Waals surface area (Å²) in [5.74, 6) is 0.726. The third kappa shape index (κ3) is 5.25. The largest absolute Gasteiger partial charge is 0.366 e. The molecule has 1 heterocycles. The molecule has 26 heavy (non-hydrogen) atoms. The first kappa shape index (κ1) is 18.3. The molecule has 1 amide bonds. The first-order chi connectivity index (χ1) is 12.6. The number of hydrogen-bond donors (Lipinski definition) is 2. The predicted molar refractivity (Wildman–Crippen MR) is 99.5 cm³/mol. The fourth-order valence-electron chi connectivity index (χ4n) is 3.25. The first-order valence-corrected chi connectivity index (χ1v) is 9.25. The van der Waals surface area contributed by atoms with Gasteiger partial charge < -0.3 is 10.6 Å². The third-order valence-corrected chi connectivity index (χ3v) is 4.65. The van der Waals surface area contributed by atoms with Crippen molar-refractivity contribution in [2.75, 3.05) is 5.32 Å². The number of rotatable bonds is 5. The number of carbonyl (C=O) groups excluding carboxylic acids is 1. The van der Waals surface area contributed by atoms with Crippen LogP contribution in [-0.2, 0) is 6.54 Å². The first-order valence-electron chi connectivity index (χ1n) is 9.25. The van der Waals surface area contributed by atoms with Gasteiger partial charge in [-0.2, -0.15) is 0 Å². The van der Waals surface area contributed by atoms with E-state index in [4.69, 9.17) is 0 Å². The number of nitrogens with one attached hydrogen (secondary N) is 2. The van der Waals surface area contributed by atoms with Gasteiger partial charge in [-0.3, -0.25) is 4.79 Å². The number of hydrogen-bond acceptors (Lipinski definition) is 4. The summed E-state index contributed by atoms with van der Waals surface area (Å²) in [5, 5.41) is 6.29. The summed E-state index contributed by atoms with van der Waals surface area (Å²) in [6.45, 7) is 2.27.